The van der Waals surface area contributed by atoms with E-state index in [1.807, 2.05) is 53.2 Å². The van der Waals surface area contributed by atoms with Gasteiger partial charge in [0.25, 0.3) is 0 Å². The lowest BCUT2D eigenvalue weighted by molar-refractivity contribution is 0.0697. The Morgan fingerprint density at radius 3 is 2.47 bits per heavy atom. The molecule has 4 aromatic rings. The lowest BCUT2D eigenvalue weighted by Gasteiger charge is -2.08. The Kier molecular flexibility index (Phi) is 5.66. The largest absolute Gasteiger partial charge is 0.478 e. The average molecular weight is 398 g/mol. The van der Waals surface area contributed by atoms with Crippen molar-refractivity contribution >= 4 is 5.97 Å². The quantitative estimate of drug-likeness (QED) is 0.488. The number of hydrogen-bond acceptors (Lipinski definition) is 4. The minimum absolute atomic E-state index is 0.242. The highest BCUT2D eigenvalue weighted by Crippen LogP contribution is 2.22. The fourth-order valence-electron chi connectivity index (χ4n) is 3.36. The molecule has 2 heterocycles. The number of carbonyl (C=O) groups is 1. The molecule has 30 heavy (non-hydrogen) atoms. The lowest BCUT2D eigenvalue weighted by Crippen LogP contribution is -2.07. The number of benzene rings is 2. The normalized spacial score (nSPS) is 10.8. The van der Waals surface area contributed by atoms with Crippen LogP contribution in [0.1, 0.15) is 35.1 Å². The Labute approximate surface area is 174 Å². The van der Waals surface area contributed by atoms with Crippen molar-refractivity contribution in [3.63, 3.8) is 0 Å². The van der Waals surface area contributed by atoms with Gasteiger partial charge in [0.1, 0.15) is 5.82 Å². The first-order valence-electron chi connectivity index (χ1n) is 9.92. The van der Waals surface area contributed by atoms with Crippen LogP contribution in [0.15, 0.2) is 72.9 Å². The second-order valence-corrected chi connectivity index (χ2v) is 7.03. The van der Waals surface area contributed by atoms with E-state index < -0.39 is 5.97 Å². The molecule has 6 nitrogen and oxygen atoms in total. The summed E-state index contributed by atoms with van der Waals surface area (Å²) in [5, 5.41) is 14.1. The smallest absolute Gasteiger partial charge is 0.336 e. The minimum atomic E-state index is -0.961. The van der Waals surface area contributed by atoms with Crippen molar-refractivity contribution in [3.8, 4) is 22.6 Å². The Morgan fingerprint density at radius 1 is 1.00 bits per heavy atom. The summed E-state index contributed by atoms with van der Waals surface area (Å²) in [5.74, 6) is 0.701. The number of rotatable bonds is 7. The molecule has 0 saturated heterocycles. The molecule has 4 rings (SSSR count). The molecule has 0 bridgehead atoms. The van der Waals surface area contributed by atoms with Crippen LogP contribution in [0.25, 0.3) is 22.6 Å². The molecule has 150 valence electrons. The van der Waals surface area contributed by atoms with Gasteiger partial charge >= 0.3 is 5.97 Å². The summed E-state index contributed by atoms with van der Waals surface area (Å²) < 4.78 is 1.92. The van der Waals surface area contributed by atoms with E-state index in [2.05, 4.69) is 11.9 Å². The highest BCUT2D eigenvalue weighted by Gasteiger charge is 2.14. The maximum Gasteiger partial charge on any atom is 0.336 e. The zero-order valence-corrected chi connectivity index (χ0v) is 16.7. The van der Waals surface area contributed by atoms with E-state index in [0.717, 1.165) is 35.6 Å². The van der Waals surface area contributed by atoms with Crippen molar-refractivity contribution in [2.24, 2.45) is 0 Å². The van der Waals surface area contributed by atoms with E-state index in [1.165, 1.54) is 0 Å². The van der Waals surface area contributed by atoms with Crippen LogP contribution in [-0.4, -0.2) is 30.8 Å². The van der Waals surface area contributed by atoms with Gasteiger partial charge in [-0.15, -0.1) is 0 Å². The highest BCUT2D eigenvalue weighted by molar-refractivity contribution is 5.95. The van der Waals surface area contributed by atoms with Crippen molar-refractivity contribution < 1.29 is 9.90 Å². The number of aryl methyl sites for hydroxylation is 1. The molecule has 0 fully saturated rings. The maximum atomic E-state index is 11.5. The van der Waals surface area contributed by atoms with Crippen LogP contribution in [0, 0.1) is 0 Å². The fourth-order valence-corrected chi connectivity index (χ4v) is 3.36. The SMILES string of the molecule is CCCc1nc(-c2ccccc2)nn1Cc1ccc(-c2ccccc2C(=O)O)nc1. The van der Waals surface area contributed by atoms with Gasteiger partial charge in [-0.05, 0) is 24.1 Å². The van der Waals surface area contributed by atoms with Crippen molar-refractivity contribution in [1.29, 1.82) is 0 Å². The van der Waals surface area contributed by atoms with Crippen molar-refractivity contribution in [1.82, 2.24) is 19.7 Å². The molecule has 0 amide bonds. The van der Waals surface area contributed by atoms with E-state index >= 15 is 0 Å². The van der Waals surface area contributed by atoms with Gasteiger partial charge in [0.05, 0.1) is 17.8 Å². The monoisotopic (exact) mass is 398 g/mol. The van der Waals surface area contributed by atoms with Gasteiger partial charge in [0.15, 0.2) is 5.82 Å². The third kappa shape index (κ3) is 4.12. The van der Waals surface area contributed by atoms with Gasteiger partial charge in [-0.3, -0.25) is 4.98 Å². The molecule has 0 radical (unpaired) electrons. The van der Waals surface area contributed by atoms with Gasteiger partial charge in [-0.25, -0.2) is 14.5 Å². The first kappa shape index (κ1) is 19.5. The van der Waals surface area contributed by atoms with Gasteiger partial charge in [0, 0.05) is 23.7 Å². The first-order chi connectivity index (χ1) is 14.7. The molecule has 2 aromatic heterocycles. The maximum absolute atomic E-state index is 11.5. The highest BCUT2D eigenvalue weighted by atomic mass is 16.4. The van der Waals surface area contributed by atoms with E-state index in [-0.39, 0.29) is 5.56 Å². The van der Waals surface area contributed by atoms with E-state index in [0.29, 0.717) is 17.8 Å². The van der Waals surface area contributed by atoms with Crippen molar-refractivity contribution in [2.75, 3.05) is 0 Å². The Balaban J connectivity index is 1.61. The molecule has 0 unspecified atom stereocenters. The minimum Gasteiger partial charge on any atom is -0.478 e. The van der Waals surface area contributed by atoms with Crippen molar-refractivity contribution in [3.05, 3.63) is 89.9 Å². The number of aromatic nitrogens is 4. The number of pyridine rings is 1. The average Bonchev–Trinajstić information content (AvgIpc) is 3.17. The van der Waals surface area contributed by atoms with E-state index in [1.54, 1.807) is 24.4 Å². The van der Waals surface area contributed by atoms with Crippen molar-refractivity contribution in [2.45, 2.75) is 26.3 Å². The van der Waals surface area contributed by atoms with E-state index in [9.17, 15) is 9.90 Å². The molecular weight excluding hydrogens is 376 g/mol. The fraction of sp³-hybridized carbons (Fsp3) is 0.167. The molecule has 2 aromatic carbocycles. The van der Waals surface area contributed by atoms with Gasteiger partial charge in [0.2, 0.25) is 0 Å². The molecule has 0 saturated carbocycles. The second kappa shape index (κ2) is 8.69. The Morgan fingerprint density at radius 2 is 1.77 bits per heavy atom. The summed E-state index contributed by atoms with van der Waals surface area (Å²) in [7, 11) is 0. The van der Waals surface area contributed by atoms with Crippen LogP contribution in [0.5, 0.6) is 0 Å². The Hall–Kier alpha value is -3.80. The molecular formula is C24H22N4O2. The molecule has 1 N–H and O–H groups in total. The van der Waals surface area contributed by atoms with Crippen LogP contribution in [0.2, 0.25) is 0 Å². The summed E-state index contributed by atoms with van der Waals surface area (Å²) in [5.41, 5.74) is 3.46. The third-order valence-corrected chi connectivity index (χ3v) is 4.84. The predicted molar refractivity (Wildman–Crippen MR) is 115 cm³/mol. The number of aromatic carboxylic acids is 1. The molecule has 6 heteroatoms. The summed E-state index contributed by atoms with van der Waals surface area (Å²) in [4.78, 5) is 20.7. The second-order valence-electron chi connectivity index (χ2n) is 7.03. The molecule has 0 aliphatic heterocycles. The number of carboxylic acid groups (broad SMARTS) is 1. The van der Waals surface area contributed by atoms with Crippen LogP contribution in [-0.2, 0) is 13.0 Å². The van der Waals surface area contributed by atoms with Crippen LogP contribution >= 0.6 is 0 Å². The number of hydrogen-bond donors (Lipinski definition) is 1. The Bertz CT molecular complexity index is 1150. The van der Waals surface area contributed by atoms with Gasteiger partial charge in [-0.1, -0.05) is 61.5 Å². The molecule has 0 aliphatic carbocycles. The van der Waals surface area contributed by atoms with Gasteiger partial charge in [-0.2, -0.15) is 5.10 Å². The zero-order valence-electron chi connectivity index (χ0n) is 16.7. The van der Waals surface area contributed by atoms with Gasteiger partial charge < -0.3 is 5.11 Å². The topological polar surface area (TPSA) is 80.9 Å². The lowest BCUT2D eigenvalue weighted by atomic mass is 10.0. The third-order valence-electron chi connectivity index (χ3n) is 4.84. The zero-order chi connectivity index (χ0) is 20.9. The standard InChI is InChI=1S/C24H22N4O2/c1-2-8-22-26-23(18-9-4-3-5-10-18)27-28(22)16-17-13-14-21(25-15-17)19-11-6-7-12-20(19)24(29)30/h3-7,9-15H,2,8,16H2,1H3,(H,29,30). The number of nitrogens with zero attached hydrogens (tertiary/aromatic N) is 4. The summed E-state index contributed by atoms with van der Waals surface area (Å²) >= 11 is 0. The summed E-state index contributed by atoms with van der Waals surface area (Å²) in [6, 6.07) is 20.6. The molecule has 0 spiro atoms. The predicted octanol–water partition coefficient (Wildman–Crippen LogP) is 4.71. The van der Waals surface area contributed by atoms with Crippen LogP contribution in [0.3, 0.4) is 0 Å². The molecule has 0 atom stereocenters. The van der Waals surface area contributed by atoms with Crippen LogP contribution < -0.4 is 0 Å². The number of carboxylic acids is 1. The summed E-state index contributed by atoms with van der Waals surface area (Å²) in [6.45, 7) is 2.68. The molecule has 0 aliphatic rings. The van der Waals surface area contributed by atoms with E-state index in [4.69, 9.17) is 10.1 Å². The van der Waals surface area contributed by atoms with Crippen LogP contribution in [0.4, 0.5) is 0 Å². The first-order valence-corrected chi connectivity index (χ1v) is 9.92. The summed E-state index contributed by atoms with van der Waals surface area (Å²) in [6.07, 6.45) is 3.60.